The summed E-state index contributed by atoms with van der Waals surface area (Å²) in [6.07, 6.45) is 0. The van der Waals surface area contributed by atoms with Gasteiger partial charge in [-0.25, -0.2) is 0 Å². The molecule has 1 amide bonds. The molecule has 0 saturated carbocycles. The molecule has 0 aliphatic carbocycles. The van der Waals surface area contributed by atoms with E-state index in [0.29, 0.717) is 22.9 Å². The first-order chi connectivity index (χ1) is 13.6. The third kappa shape index (κ3) is 5.31. The Morgan fingerprint density at radius 3 is 2.61 bits per heavy atom. The highest BCUT2D eigenvalue weighted by molar-refractivity contribution is 7.98. The number of amides is 1. The van der Waals surface area contributed by atoms with E-state index < -0.39 is 0 Å². The zero-order valence-corrected chi connectivity index (χ0v) is 17.4. The summed E-state index contributed by atoms with van der Waals surface area (Å²) in [4.78, 5) is 13.9. The molecule has 0 bridgehead atoms. The number of anilines is 1. The van der Waals surface area contributed by atoms with E-state index >= 15 is 0 Å². The summed E-state index contributed by atoms with van der Waals surface area (Å²) in [6, 6.07) is 21.2. The van der Waals surface area contributed by atoms with Crippen LogP contribution in [0.2, 0.25) is 5.02 Å². The normalized spacial score (nSPS) is 10.5. The first-order valence-corrected chi connectivity index (χ1v) is 10.4. The number of carbonyl (C=O) groups excluding carboxylic acids is 1. The first-order valence-electron chi connectivity index (χ1n) is 9.08. The number of ether oxygens (including phenoxy) is 1. The van der Waals surface area contributed by atoms with Crippen molar-refractivity contribution in [3.05, 3.63) is 88.4 Å². The number of halogens is 1. The molecule has 0 heterocycles. The van der Waals surface area contributed by atoms with Crippen LogP contribution in [-0.2, 0) is 5.75 Å². The van der Waals surface area contributed by atoms with E-state index in [4.69, 9.17) is 16.3 Å². The second-order valence-corrected chi connectivity index (χ2v) is 7.76. The van der Waals surface area contributed by atoms with Crippen LogP contribution in [0.3, 0.4) is 0 Å². The maximum absolute atomic E-state index is 12.8. The molecule has 0 aromatic heterocycles. The minimum absolute atomic E-state index is 0.167. The first kappa shape index (κ1) is 20.3. The van der Waals surface area contributed by atoms with Crippen LogP contribution in [0.15, 0.2) is 71.6 Å². The molecular formula is C23H22ClNO2S. The Morgan fingerprint density at radius 1 is 1.07 bits per heavy atom. The Bertz CT molecular complexity index is 960. The van der Waals surface area contributed by atoms with Gasteiger partial charge in [0.25, 0.3) is 5.91 Å². The van der Waals surface area contributed by atoms with Crippen LogP contribution in [-0.4, -0.2) is 12.5 Å². The van der Waals surface area contributed by atoms with Crippen LogP contribution in [0.1, 0.15) is 28.4 Å². The lowest BCUT2D eigenvalue weighted by Gasteiger charge is -2.13. The van der Waals surface area contributed by atoms with Gasteiger partial charge in [0.1, 0.15) is 5.75 Å². The summed E-state index contributed by atoms with van der Waals surface area (Å²) in [7, 11) is 0. The lowest BCUT2D eigenvalue weighted by atomic mass is 10.1. The fourth-order valence-electron chi connectivity index (χ4n) is 2.73. The number of nitrogens with one attached hydrogen (secondary N) is 1. The minimum atomic E-state index is -0.167. The zero-order valence-electron chi connectivity index (χ0n) is 15.9. The summed E-state index contributed by atoms with van der Waals surface area (Å²) >= 11 is 7.77. The highest BCUT2D eigenvalue weighted by atomic mass is 35.5. The molecule has 0 spiro atoms. The van der Waals surface area contributed by atoms with E-state index in [-0.39, 0.29) is 5.91 Å². The lowest BCUT2D eigenvalue weighted by Crippen LogP contribution is -2.13. The van der Waals surface area contributed by atoms with Crippen LogP contribution in [0.4, 0.5) is 5.69 Å². The molecule has 0 radical (unpaired) electrons. The molecule has 1 N–H and O–H groups in total. The van der Waals surface area contributed by atoms with Gasteiger partial charge in [-0.3, -0.25) is 4.79 Å². The van der Waals surface area contributed by atoms with Crippen molar-refractivity contribution in [2.75, 3.05) is 11.9 Å². The molecule has 3 aromatic carbocycles. The van der Waals surface area contributed by atoms with Crippen LogP contribution in [0.5, 0.6) is 5.75 Å². The van der Waals surface area contributed by atoms with Gasteiger partial charge in [0.05, 0.1) is 6.61 Å². The third-order valence-corrected chi connectivity index (χ3v) is 5.50. The number of thioether (sulfide) groups is 1. The van der Waals surface area contributed by atoms with Gasteiger partial charge in [-0.1, -0.05) is 35.9 Å². The Hall–Kier alpha value is -2.43. The van der Waals surface area contributed by atoms with Crippen LogP contribution in [0.25, 0.3) is 0 Å². The summed E-state index contributed by atoms with van der Waals surface area (Å²) in [5.41, 5.74) is 3.26. The Kier molecular flexibility index (Phi) is 7.01. The van der Waals surface area contributed by atoms with E-state index in [9.17, 15) is 4.79 Å². The van der Waals surface area contributed by atoms with Gasteiger partial charge >= 0.3 is 0 Å². The predicted octanol–water partition coefficient (Wildman–Crippen LogP) is 6.59. The SMILES string of the molecule is CCOc1ccc(C(=O)Nc2cc(Cl)ccc2C)cc1CSc1ccccc1. The van der Waals surface area contributed by atoms with E-state index in [1.807, 2.05) is 56.3 Å². The molecule has 0 fully saturated rings. The average molecular weight is 412 g/mol. The minimum Gasteiger partial charge on any atom is -0.494 e. The van der Waals surface area contributed by atoms with Gasteiger partial charge < -0.3 is 10.1 Å². The Balaban J connectivity index is 1.80. The summed E-state index contributed by atoms with van der Waals surface area (Å²) < 4.78 is 5.75. The third-order valence-electron chi connectivity index (χ3n) is 4.21. The number of hydrogen-bond donors (Lipinski definition) is 1. The largest absolute Gasteiger partial charge is 0.494 e. The van der Waals surface area contributed by atoms with Crippen molar-refractivity contribution in [2.24, 2.45) is 0 Å². The van der Waals surface area contributed by atoms with Gasteiger partial charge in [-0.15, -0.1) is 11.8 Å². The highest BCUT2D eigenvalue weighted by Crippen LogP contribution is 2.29. The second kappa shape index (κ2) is 9.67. The Morgan fingerprint density at radius 2 is 1.86 bits per heavy atom. The number of benzene rings is 3. The molecule has 3 nitrogen and oxygen atoms in total. The molecule has 0 saturated heterocycles. The molecule has 0 aliphatic rings. The molecule has 3 rings (SSSR count). The number of hydrogen-bond acceptors (Lipinski definition) is 3. The average Bonchev–Trinajstić information content (AvgIpc) is 2.71. The molecule has 0 atom stereocenters. The topological polar surface area (TPSA) is 38.3 Å². The highest BCUT2D eigenvalue weighted by Gasteiger charge is 2.12. The van der Waals surface area contributed by atoms with Crippen molar-refractivity contribution in [3.63, 3.8) is 0 Å². The number of rotatable bonds is 7. The maximum Gasteiger partial charge on any atom is 0.255 e. The van der Waals surface area contributed by atoms with Crippen molar-refractivity contribution in [3.8, 4) is 5.75 Å². The van der Waals surface area contributed by atoms with Crippen LogP contribution >= 0.6 is 23.4 Å². The van der Waals surface area contributed by atoms with Crippen LogP contribution < -0.4 is 10.1 Å². The second-order valence-electron chi connectivity index (χ2n) is 6.27. The molecule has 5 heteroatoms. The molecule has 28 heavy (non-hydrogen) atoms. The Labute approximate surface area is 175 Å². The van der Waals surface area contributed by atoms with Gasteiger partial charge in [0.2, 0.25) is 0 Å². The van der Waals surface area contributed by atoms with E-state index in [1.54, 1.807) is 23.9 Å². The van der Waals surface area contributed by atoms with Gasteiger partial charge in [0.15, 0.2) is 0 Å². The van der Waals surface area contributed by atoms with Crippen LogP contribution in [0, 0.1) is 6.92 Å². The molecule has 3 aromatic rings. The molecule has 144 valence electrons. The van der Waals surface area contributed by atoms with E-state index in [2.05, 4.69) is 17.4 Å². The molecular weight excluding hydrogens is 390 g/mol. The lowest BCUT2D eigenvalue weighted by molar-refractivity contribution is 0.102. The van der Waals surface area contributed by atoms with Crippen molar-refractivity contribution in [1.29, 1.82) is 0 Å². The predicted molar refractivity (Wildman–Crippen MR) is 118 cm³/mol. The number of aryl methyl sites for hydroxylation is 1. The van der Waals surface area contributed by atoms with Gasteiger partial charge in [0, 0.05) is 32.5 Å². The molecule has 0 unspecified atom stereocenters. The monoisotopic (exact) mass is 411 g/mol. The van der Waals surface area contributed by atoms with E-state index in [1.165, 1.54) is 4.90 Å². The fourth-order valence-corrected chi connectivity index (χ4v) is 3.80. The van der Waals surface area contributed by atoms with Crippen molar-refractivity contribution in [1.82, 2.24) is 0 Å². The smallest absolute Gasteiger partial charge is 0.255 e. The van der Waals surface area contributed by atoms with Gasteiger partial charge in [-0.05, 0) is 61.9 Å². The van der Waals surface area contributed by atoms with Crippen molar-refractivity contribution < 1.29 is 9.53 Å². The molecule has 0 aliphatic heterocycles. The van der Waals surface area contributed by atoms with Gasteiger partial charge in [-0.2, -0.15) is 0 Å². The van der Waals surface area contributed by atoms with Crippen molar-refractivity contribution in [2.45, 2.75) is 24.5 Å². The van der Waals surface area contributed by atoms with Crippen molar-refractivity contribution >= 4 is 35.0 Å². The van der Waals surface area contributed by atoms with E-state index in [0.717, 1.165) is 22.6 Å². The maximum atomic E-state index is 12.8. The fraction of sp³-hybridized carbons (Fsp3) is 0.174. The zero-order chi connectivity index (χ0) is 19.9. The summed E-state index contributed by atoms with van der Waals surface area (Å²) in [5.74, 6) is 1.36. The standard InChI is InChI=1S/C23H22ClNO2S/c1-3-27-22-12-10-17(13-18(22)15-28-20-7-5-4-6-8-20)23(26)25-21-14-19(24)11-9-16(21)2/h4-14H,3,15H2,1-2H3,(H,25,26). The summed E-state index contributed by atoms with van der Waals surface area (Å²) in [5, 5.41) is 3.54. The summed E-state index contributed by atoms with van der Waals surface area (Å²) in [6.45, 7) is 4.47. The quantitative estimate of drug-likeness (QED) is 0.445. The number of carbonyl (C=O) groups is 1.